The first-order valence-corrected chi connectivity index (χ1v) is 4.12. The topological polar surface area (TPSA) is 43.4 Å². The Morgan fingerprint density at radius 3 is 2.46 bits per heavy atom. The van der Waals surface area contributed by atoms with E-state index in [-0.39, 0.29) is 24.8 Å². The van der Waals surface area contributed by atoms with Crippen LogP contribution in [0.3, 0.4) is 0 Å². The molecule has 0 heterocycles. The zero-order valence-electron chi connectivity index (χ0n) is 7.62. The van der Waals surface area contributed by atoms with E-state index in [1.807, 2.05) is 0 Å². The van der Waals surface area contributed by atoms with Crippen molar-refractivity contribution in [3.63, 3.8) is 0 Å². The molecule has 0 saturated heterocycles. The second-order valence-electron chi connectivity index (χ2n) is 2.50. The fourth-order valence-corrected chi connectivity index (χ4v) is 0.733. The average Bonchev–Trinajstić information content (AvgIpc) is 2.14. The zero-order chi connectivity index (χ0) is 10.1. The third-order valence-electron chi connectivity index (χ3n) is 1.39. The first-order chi connectivity index (χ1) is 6.20. The van der Waals surface area contributed by atoms with Crippen LogP contribution in [0, 0.1) is 0 Å². The highest BCUT2D eigenvalue weighted by molar-refractivity contribution is 5.89. The lowest BCUT2D eigenvalue weighted by molar-refractivity contribution is -0.142. The van der Waals surface area contributed by atoms with Gasteiger partial charge in [-0.1, -0.05) is 19.2 Å². The maximum atomic E-state index is 10.9. The Morgan fingerprint density at radius 1 is 1.23 bits per heavy atom. The minimum absolute atomic E-state index is 0.0449. The fourth-order valence-electron chi connectivity index (χ4n) is 0.733. The number of carbonyl (C=O) groups excluding carboxylic acids is 2. The molecule has 0 aliphatic carbocycles. The van der Waals surface area contributed by atoms with Gasteiger partial charge < -0.3 is 4.74 Å². The minimum atomic E-state index is -0.295. The number of ether oxygens (including phenoxy) is 1. The van der Waals surface area contributed by atoms with E-state index >= 15 is 0 Å². The van der Waals surface area contributed by atoms with E-state index in [4.69, 9.17) is 4.74 Å². The van der Waals surface area contributed by atoms with E-state index in [1.165, 1.54) is 12.2 Å². The normalized spacial score (nSPS) is 8.92. The summed E-state index contributed by atoms with van der Waals surface area (Å²) < 4.78 is 4.71. The Kier molecular flexibility index (Phi) is 6.51. The predicted molar refractivity (Wildman–Crippen MR) is 50.2 cm³/mol. The molecule has 0 spiro atoms. The van der Waals surface area contributed by atoms with Crippen LogP contribution in [0.4, 0.5) is 0 Å². The monoisotopic (exact) mass is 182 g/mol. The van der Waals surface area contributed by atoms with Gasteiger partial charge >= 0.3 is 5.97 Å². The SMILES string of the molecule is C=CCOC(=O)CCCC(=O)C=C. The number of rotatable bonds is 7. The van der Waals surface area contributed by atoms with Crippen molar-refractivity contribution in [2.45, 2.75) is 19.3 Å². The van der Waals surface area contributed by atoms with Gasteiger partial charge in [-0.3, -0.25) is 9.59 Å². The molecule has 0 aliphatic heterocycles. The highest BCUT2D eigenvalue weighted by atomic mass is 16.5. The molecule has 0 radical (unpaired) electrons. The summed E-state index contributed by atoms with van der Waals surface area (Å²) in [5.41, 5.74) is 0. The average molecular weight is 182 g/mol. The number of allylic oxidation sites excluding steroid dienone is 1. The second kappa shape index (κ2) is 7.28. The molecule has 0 bridgehead atoms. The molecule has 3 heteroatoms. The first kappa shape index (κ1) is 11.6. The summed E-state index contributed by atoms with van der Waals surface area (Å²) in [5, 5.41) is 0. The molecular weight excluding hydrogens is 168 g/mol. The molecule has 0 rings (SSSR count). The summed E-state index contributed by atoms with van der Waals surface area (Å²) >= 11 is 0. The number of esters is 1. The lowest BCUT2D eigenvalue weighted by Gasteiger charge is -1.99. The Labute approximate surface area is 78.1 Å². The lowest BCUT2D eigenvalue weighted by atomic mass is 10.2. The molecule has 0 amide bonds. The smallest absolute Gasteiger partial charge is 0.306 e. The van der Waals surface area contributed by atoms with Gasteiger partial charge in [0.05, 0.1) is 0 Å². The molecule has 0 saturated carbocycles. The van der Waals surface area contributed by atoms with Gasteiger partial charge in [-0.05, 0) is 12.5 Å². The van der Waals surface area contributed by atoms with Crippen molar-refractivity contribution in [2.75, 3.05) is 6.61 Å². The summed E-state index contributed by atoms with van der Waals surface area (Å²) in [6.45, 7) is 6.97. The maximum Gasteiger partial charge on any atom is 0.306 e. The molecule has 13 heavy (non-hydrogen) atoms. The summed E-state index contributed by atoms with van der Waals surface area (Å²) in [7, 11) is 0. The molecule has 0 aromatic rings. The highest BCUT2D eigenvalue weighted by Crippen LogP contribution is 1.99. The molecule has 72 valence electrons. The van der Waals surface area contributed by atoms with Crippen molar-refractivity contribution >= 4 is 11.8 Å². The predicted octanol–water partition coefficient (Wildman–Crippen LogP) is 1.64. The molecule has 0 N–H and O–H groups in total. The van der Waals surface area contributed by atoms with E-state index in [9.17, 15) is 9.59 Å². The van der Waals surface area contributed by atoms with Crippen molar-refractivity contribution in [2.24, 2.45) is 0 Å². The van der Waals surface area contributed by atoms with Crippen LogP contribution in [0.2, 0.25) is 0 Å². The van der Waals surface area contributed by atoms with E-state index in [2.05, 4.69) is 13.2 Å². The Morgan fingerprint density at radius 2 is 1.92 bits per heavy atom. The van der Waals surface area contributed by atoms with E-state index in [0.29, 0.717) is 12.8 Å². The van der Waals surface area contributed by atoms with Crippen LogP contribution in [-0.2, 0) is 14.3 Å². The molecule has 0 aromatic heterocycles. The van der Waals surface area contributed by atoms with Gasteiger partial charge in [-0.15, -0.1) is 0 Å². The lowest BCUT2D eigenvalue weighted by Crippen LogP contribution is -2.05. The number of hydrogen-bond donors (Lipinski definition) is 0. The molecule has 0 unspecified atom stereocenters. The molecule has 0 fully saturated rings. The largest absolute Gasteiger partial charge is 0.461 e. The minimum Gasteiger partial charge on any atom is -0.461 e. The van der Waals surface area contributed by atoms with Crippen LogP contribution in [0.25, 0.3) is 0 Å². The van der Waals surface area contributed by atoms with E-state index < -0.39 is 0 Å². The third-order valence-corrected chi connectivity index (χ3v) is 1.39. The van der Waals surface area contributed by atoms with Gasteiger partial charge in [0.2, 0.25) is 0 Å². The molecule has 0 atom stereocenters. The Bertz CT molecular complexity index is 206. The maximum absolute atomic E-state index is 10.9. The standard InChI is InChI=1S/C10H14O3/c1-3-8-13-10(12)7-5-6-9(11)4-2/h3-4H,1-2,5-8H2. The Hall–Kier alpha value is -1.38. The molecule has 3 nitrogen and oxygen atoms in total. The number of hydrogen-bond acceptors (Lipinski definition) is 3. The van der Waals surface area contributed by atoms with Crippen LogP contribution in [0.1, 0.15) is 19.3 Å². The van der Waals surface area contributed by atoms with Crippen molar-refractivity contribution in [1.29, 1.82) is 0 Å². The van der Waals surface area contributed by atoms with Gasteiger partial charge in [0, 0.05) is 12.8 Å². The highest BCUT2D eigenvalue weighted by Gasteiger charge is 2.02. The zero-order valence-corrected chi connectivity index (χ0v) is 7.62. The van der Waals surface area contributed by atoms with Crippen molar-refractivity contribution in [1.82, 2.24) is 0 Å². The van der Waals surface area contributed by atoms with Crippen molar-refractivity contribution < 1.29 is 14.3 Å². The summed E-state index contributed by atoms with van der Waals surface area (Å²) in [6, 6.07) is 0. The van der Waals surface area contributed by atoms with Crippen molar-refractivity contribution in [3.8, 4) is 0 Å². The van der Waals surface area contributed by atoms with Gasteiger partial charge in [0.15, 0.2) is 5.78 Å². The van der Waals surface area contributed by atoms with Crippen LogP contribution in [0.5, 0.6) is 0 Å². The van der Waals surface area contributed by atoms with Crippen LogP contribution < -0.4 is 0 Å². The summed E-state index contributed by atoms with van der Waals surface area (Å²) in [4.78, 5) is 21.6. The summed E-state index contributed by atoms with van der Waals surface area (Å²) in [5.74, 6) is -0.340. The molecule has 0 aliphatic rings. The van der Waals surface area contributed by atoms with E-state index in [0.717, 1.165) is 0 Å². The summed E-state index contributed by atoms with van der Waals surface area (Å²) in [6.07, 6.45) is 3.91. The van der Waals surface area contributed by atoms with Gasteiger partial charge in [0.25, 0.3) is 0 Å². The van der Waals surface area contributed by atoms with Crippen LogP contribution in [-0.4, -0.2) is 18.4 Å². The number of carbonyl (C=O) groups is 2. The van der Waals surface area contributed by atoms with Crippen LogP contribution >= 0.6 is 0 Å². The molecular formula is C10H14O3. The van der Waals surface area contributed by atoms with Crippen molar-refractivity contribution in [3.05, 3.63) is 25.3 Å². The van der Waals surface area contributed by atoms with Crippen LogP contribution in [0.15, 0.2) is 25.3 Å². The van der Waals surface area contributed by atoms with Gasteiger partial charge in [-0.2, -0.15) is 0 Å². The Balaban J connectivity index is 3.41. The van der Waals surface area contributed by atoms with E-state index in [1.54, 1.807) is 0 Å². The number of ketones is 1. The van der Waals surface area contributed by atoms with Gasteiger partial charge in [-0.25, -0.2) is 0 Å². The van der Waals surface area contributed by atoms with Gasteiger partial charge in [0.1, 0.15) is 6.61 Å². The third kappa shape index (κ3) is 7.00. The first-order valence-electron chi connectivity index (χ1n) is 4.12. The molecule has 0 aromatic carbocycles. The second-order valence-corrected chi connectivity index (χ2v) is 2.50. The fraction of sp³-hybridized carbons (Fsp3) is 0.400. The quantitative estimate of drug-likeness (QED) is 0.341.